The van der Waals surface area contributed by atoms with E-state index < -0.39 is 5.97 Å². The molecule has 88 valence electrons. The molecule has 0 saturated carbocycles. The maximum atomic E-state index is 11.0. The van der Waals surface area contributed by atoms with Gasteiger partial charge in [0, 0.05) is 12.2 Å². The number of carboxylic acids is 1. The van der Waals surface area contributed by atoms with Crippen molar-refractivity contribution < 1.29 is 14.6 Å². The predicted molar refractivity (Wildman–Crippen MR) is 59.5 cm³/mol. The normalized spacial score (nSPS) is 19.8. The lowest BCUT2D eigenvalue weighted by molar-refractivity contribution is 0.00685. The molecule has 0 radical (unpaired) electrons. The number of aromatic nitrogens is 1. The summed E-state index contributed by atoms with van der Waals surface area (Å²) in [6, 6.07) is 3.54. The summed E-state index contributed by atoms with van der Waals surface area (Å²) in [6.07, 6.45) is 0.977. The Labute approximate surface area is 94.8 Å². The zero-order chi connectivity index (χ0) is 11.7. The first-order chi connectivity index (χ1) is 7.59. The summed E-state index contributed by atoms with van der Waals surface area (Å²) in [5.41, 5.74) is 1.37. The van der Waals surface area contributed by atoms with E-state index >= 15 is 0 Å². The summed E-state index contributed by atoms with van der Waals surface area (Å²) in [5.74, 6) is -0.323. The van der Waals surface area contributed by atoms with Crippen molar-refractivity contribution in [1.29, 1.82) is 0 Å². The molecule has 0 bridgehead atoms. The third kappa shape index (κ3) is 1.97. The number of nitrogens with zero attached hydrogens (tertiary/aromatic N) is 1. The highest BCUT2D eigenvalue weighted by Gasteiger charge is 2.25. The van der Waals surface area contributed by atoms with Gasteiger partial charge < -0.3 is 14.4 Å². The maximum absolute atomic E-state index is 11.0. The topological polar surface area (TPSA) is 51.5 Å². The van der Waals surface area contributed by atoms with Gasteiger partial charge in [-0.25, -0.2) is 4.79 Å². The van der Waals surface area contributed by atoms with E-state index in [2.05, 4.69) is 13.8 Å². The van der Waals surface area contributed by atoms with Crippen molar-refractivity contribution in [3.8, 4) is 0 Å². The molecule has 1 aliphatic heterocycles. The van der Waals surface area contributed by atoms with Gasteiger partial charge in [0.15, 0.2) is 0 Å². The fraction of sp³-hybridized carbons (Fsp3) is 0.583. The van der Waals surface area contributed by atoms with E-state index in [0.717, 1.165) is 12.1 Å². The summed E-state index contributed by atoms with van der Waals surface area (Å²) < 4.78 is 7.55. The molecule has 1 unspecified atom stereocenters. The van der Waals surface area contributed by atoms with E-state index in [4.69, 9.17) is 9.84 Å². The second-order valence-electron chi connectivity index (χ2n) is 4.59. The highest BCUT2D eigenvalue weighted by atomic mass is 16.5. The quantitative estimate of drug-likeness (QED) is 0.855. The van der Waals surface area contributed by atoms with Gasteiger partial charge in [-0.3, -0.25) is 0 Å². The predicted octanol–water partition coefficient (Wildman–Crippen LogP) is 2.30. The van der Waals surface area contributed by atoms with Gasteiger partial charge in [0.2, 0.25) is 0 Å². The molecule has 0 amide bonds. The number of hydrogen-bond acceptors (Lipinski definition) is 2. The minimum atomic E-state index is -0.864. The van der Waals surface area contributed by atoms with Crippen LogP contribution >= 0.6 is 0 Å². The molecular weight excluding hydrogens is 206 g/mol. The summed E-state index contributed by atoms with van der Waals surface area (Å²) in [7, 11) is 0. The van der Waals surface area contributed by atoms with Crippen molar-refractivity contribution in [2.24, 2.45) is 5.92 Å². The van der Waals surface area contributed by atoms with Gasteiger partial charge in [-0.15, -0.1) is 0 Å². The van der Waals surface area contributed by atoms with Gasteiger partial charge in [0.1, 0.15) is 5.69 Å². The molecule has 16 heavy (non-hydrogen) atoms. The molecular formula is C12H17NO3. The largest absolute Gasteiger partial charge is 0.477 e. The van der Waals surface area contributed by atoms with E-state index in [1.165, 1.54) is 0 Å². The van der Waals surface area contributed by atoms with Crippen LogP contribution in [-0.4, -0.2) is 22.2 Å². The molecule has 1 aromatic rings. The zero-order valence-electron chi connectivity index (χ0n) is 9.64. The molecule has 0 saturated heterocycles. The summed E-state index contributed by atoms with van der Waals surface area (Å²) in [5, 5.41) is 9.04. The van der Waals surface area contributed by atoms with E-state index in [1.807, 2.05) is 10.6 Å². The van der Waals surface area contributed by atoms with Gasteiger partial charge in [0.05, 0.1) is 12.7 Å². The average molecular weight is 223 g/mol. The van der Waals surface area contributed by atoms with Crippen LogP contribution in [0.15, 0.2) is 12.1 Å². The zero-order valence-corrected chi connectivity index (χ0v) is 9.64. The fourth-order valence-electron chi connectivity index (χ4n) is 2.19. The molecule has 1 N–H and O–H groups in total. The lowest BCUT2D eigenvalue weighted by atomic mass is 10.0. The van der Waals surface area contributed by atoms with E-state index in [1.54, 1.807) is 6.07 Å². The Hall–Kier alpha value is -1.29. The summed E-state index contributed by atoms with van der Waals surface area (Å²) in [6.45, 7) is 5.52. The molecule has 0 aliphatic carbocycles. The van der Waals surface area contributed by atoms with Crippen LogP contribution < -0.4 is 0 Å². The van der Waals surface area contributed by atoms with Crippen LogP contribution in [0, 0.1) is 5.92 Å². The van der Waals surface area contributed by atoms with E-state index in [-0.39, 0.29) is 6.10 Å². The van der Waals surface area contributed by atoms with Gasteiger partial charge in [-0.2, -0.15) is 0 Å². The number of carboxylic acid groups (broad SMARTS) is 1. The van der Waals surface area contributed by atoms with Crippen molar-refractivity contribution in [2.45, 2.75) is 32.9 Å². The van der Waals surface area contributed by atoms with Crippen LogP contribution in [0.2, 0.25) is 0 Å². The van der Waals surface area contributed by atoms with Crippen molar-refractivity contribution in [3.63, 3.8) is 0 Å². The Morgan fingerprint density at radius 2 is 2.38 bits per heavy atom. The van der Waals surface area contributed by atoms with E-state index in [0.29, 0.717) is 24.8 Å². The average Bonchev–Trinajstić information content (AvgIpc) is 2.61. The number of aromatic carboxylic acids is 1. The van der Waals surface area contributed by atoms with Crippen molar-refractivity contribution in [1.82, 2.24) is 4.57 Å². The lowest BCUT2D eigenvalue weighted by Gasteiger charge is -2.27. The van der Waals surface area contributed by atoms with Crippen molar-refractivity contribution in [3.05, 3.63) is 23.5 Å². The number of carbonyl (C=O) groups is 1. The molecule has 2 rings (SSSR count). The number of rotatable bonds is 3. The Balaban J connectivity index is 2.30. The molecule has 2 heterocycles. The number of fused-ring (bicyclic) bond motifs is 1. The smallest absolute Gasteiger partial charge is 0.352 e. The van der Waals surface area contributed by atoms with Gasteiger partial charge in [-0.1, -0.05) is 13.8 Å². The molecule has 0 fully saturated rings. The van der Waals surface area contributed by atoms with Crippen LogP contribution in [0.25, 0.3) is 0 Å². The minimum absolute atomic E-state index is 0.0434. The molecule has 4 nitrogen and oxygen atoms in total. The molecule has 0 aromatic carbocycles. The van der Waals surface area contributed by atoms with Crippen LogP contribution in [0.1, 0.15) is 42.6 Å². The first-order valence-electron chi connectivity index (χ1n) is 5.64. The molecule has 0 spiro atoms. The fourth-order valence-corrected chi connectivity index (χ4v) is 2.19. The third-order valence-electron chi connectivity index (χ3n) is 2.88. The van der Waals surface area contributed by atoms with Crippen molar-refractivity contribution >= 4 is 5.97 Å². The monoisotopic (exact) mass is 223 g/mol. The van der Waals surface area contributed by atoms with Crippen molar-refractivity contribution in [2.75, 3.05) is 6.61 Å². The molecule has 1 aliphatic rings. The van der Waals surface area contributed by atoms with Crippen LogP contribution in [-0.2, 0) is 11.3 Å². The maximum Gasteiger partial charge on any atom is 0.352 e. The summed E-state index contributed by atoms with van der Waals surface area (Å²) in [4.78, 5) is 11.0. The van der Waals surface area contributed by atoms with Gasteiger partial charge in [-0.05, 0) is 24.5 Å². The Morgan fingerprint density at radius 3 is 3.00 bits per heavy atom. The molecule has 1 atom stereocenters. The second kappa shape index (κ2) is 4.29. The standard InChI is InChI=1S/C12H17NO3/c1-8(2)7-11-9-3-4-10(12(14)15)13(9)5-6-16-11/h3-4,8,11H,5-7H2,1-2H3,(H,14,15). The third-order valence-corrected chi connectivity index (χ3v) is 2.88. The van der Waals surface area contributed by atoms with Crippen LogP contribution in [0.5, 0.6) is 0 Å². The first-order valence-corrected chi connectivity index (χ1v) is 5.64. The Bertz CT molecular complexity index is 395. The summed E-state index contributed by atoms with van der Waals surface area (Å²) >= 11 is 0. The van der Waals surface area contributed by atoms with Gasteiger partial charge >= 0.3 is 5.97 Å². The number of hydrogen-bond donors (Lipinski definition) is 1. The van der Waals surface area contributed by atoms with Crippen LogP contribution in [0.3, 0.4) is 0 Å². The number of ether oxygens (including phenoxy) is 1. The highest BCUT2D eigenvalue weighted by Crippen LogP contribution is 2.30. The molecule has 4 heteroatoms. The first kappa shape index (κ1) is 11.2. The highest BCUT2D eigenvalue weighted by molar-refractivity contribution is 5.86. The minimum Gasteiger partial charge on any atom is -0.477 e. The Morgan fingerprint density at radius 1 is 1.62 bits per heavy atom. The second-order valence-corrected chi connectivity index (χ2v) is 4.59. The SMILES string of the molecule is CC(C)CC1OCCn2c(C(=O)O)ccc21. The molecule has 1 aromatic heterocycles. The lowest BCUT2D eigenvalue weighted by Crippen LogP contribution is -2.24. The van der Waals surface area contributed by atoms with E-state index in [9.17, 15) is 4.79 Å². The Kier molecular flexibility index (Phi) is 3.01. The van der Waals surface area contributed by atoms with Gasteiger partial charge in [0.25, 0.3) is 0 Å². The van der Waals surface area contributed by atoms with Crippen LogP contribution in [0.4, 0.5) is 0 Å².